The van der Waals surface area contributed by atoms with Crippen LogP contribution >= 0.6 is 0 Å². The molecule has 0 atom stereocenters. The van der Waals surface area contributed by atoms with Gasteiger partial charge in [0.1, 0.15) is 0 Å². The molecule has 9 nitrogen and oxygen atoms in total. The summed E-state index contributed by atoms with van der Waals surface area (Å²) in [6.45, 7) is 10.1. The van der Waals surface area contributed by atoms with E-state index in [1.165, 1.54) is 0 Å². The topological polar surface area (TPSA) is 121 Å². The second kappa shape index (κ2) is 20.3. The second-order valence-corrected chi connectivity index (χ2v) is 16.5. The largest absolute Gasteiger partial charge is 0.872 e. The Labute approximate surface area is 380 Å². The molecule has 65 heavy (non-hydrogen) atoms. The van der Waals surface area contributed by atoms with Crippen LogP contribution in [0.3, 0.4) is 0 Å². The molecule has 3 aromatic heterocycles. The number of aryl methyl sites for hydroxylation is 1. The van der Waals surface area contributed by atoms with Crippen molar-refractivity contribution >= 4 is 29.5 Å². The van der Waals surface area contributed by atoms with Gasteiger partial charge >= 0.3 is 0 Å². The molecule has 0 aliphatic heterocycles. The number of rotatable bonds is 10. The first-order valence-corrected chi connectivity index (χ1v) is 21.4. The Morgan fingerprint density at radius 2 is 0.815 bits per heavy atom. The van der Waals surface area contributed by atoms with Crippen molar-refractivity contribution in [3.05, 3.63) is 245 Å². The third kappa shape index (κ3) is 10.7. The SMILES string of the molecule is CC(C)(c1ccccc1)c1cccc(/C=N/n2ccc3ccccc32)c1[O-].CC(C)(c1ccccc1)c1cccc(/C=N/n2cccc2)c1[O-].Cc1cccc(/C=N/n2cccc2)c1[O-]. The second-order valence-electron chi connectivity index (χ2n) is 16.5. The minimum Gasteiger partial charge on any atom is -0.872 e. The maximum Gasteiger partial charge on any atom is 0.0718 e. The predicted molar refractivity (Wildman–Crippen MR) is 259 cm³/mol. The molecular formula is C56H51N6O3-3. The Balaban J connectivity index is 0.000000151. The molecule has 326 valence electrons. The van der Waals surface area contributed by atoms with Gasteiger partial charge in [-0.15, -0.1) is 0 Å². The number of hydrogen-bond donors (Lipinski definition) is 0. The molecule has 0 aliphatic rings. The van der Waals surface area contributed by atoms with Gasteiger partial charge in [0.05, 0.1) is 24.2 Å². The summed E-state index contributed by atoms with van der Waals surface area (Å²) in [6, 6.07) is 54.5. The van der Waals surface area contributed by atoms with Crippen molar-refractivity contribution in [3.63, 3.8) is 0 Å². The van der Waals surface area contributed by atoms with Crippen molar-refractivity contribution in [1.29, 1.82) is 0 Å². The molecule has 9 aromatic rings. The molecule has 9 heteroatoms. The summed E-state index contributed by atoms with van der Waals surface area (Å²) < 4.78 is 5.13. The molecule has 0 aliphatic carbocycles. The molecule has 0 saturated carbocycles. The molecule has 0 amide bonds. The third-order valence-corrected chi connectivity index (χ3v) is 11.4. The first-order chi connectivity index (χ1) is 31.4. The van der Waals surface area contributed by atoms with Gasteiger partial charge in [-0.05, 0) is 82.3 Å². The van der Waals surface area contributed by atoms with Crippen LogP contribution in [0.2, 0.25) is 0 Å². The predicted octanol–water partition coefficient (Wildman–Crippen LogP) is 10.4. The minimum absolute atomic E-state index is 0.0200. The van der Waals surface area contributed by atoms with E-state index in [0.717, 1.165) is 38.7 Å². The summed E-state index contributed by atoms with van der Waals surface area (Å²) in [5, 5.41) is 51.6. The summed E-state index contributed by atoms with van der Waals surface area (Å²) in [4.78, 5) is 0. The standard InChI is InChI=1S/C24H22N2O.C20H20N2O.C12H12N2O/c1-24(2,20-11-4-3-5-12-20)21-13-8-10-19(23(21)27)17-25-26-16-15-18-9-6-7-14-22(18)26;1-20(2,17-10-4-3-5-11-17)18-12-8-9-16(19(18)23)15-21-22-13-6-7-14-22;1-10-5-4-6-11(12(10)15)9-13-14-7-2-3-8-14/h3-17,27H,1-2H3;3-15,23H,1-2H3;2-9,15H,1H3/p-3/b25-17+;21-15+;13-9+. The van der Waals surface area contributed by atoms with Crippen molar-refractivity contribution in [1.82, 2.24) is 14.0 Å². The zero-order chi connectivity index (χ0) is 45.8. The van der Waals surface area contributed by atoms with Crippen molar-refractivity contribution < 1.29 is 15.3 Å². The average molecular weight is 856 g/mol. The Morgan fingerprint density at radius 3 is 1.31 bits per heavy atom. The van der Waals surface area contributed by atoms with Crippen LogP contribution in [0.15, 0.2) is 216 Å². The van der Waals surface area contributed by atoms with Crippen LogP contribution in [0.25, 0.3) is 10.9 Å². The van der Waals surface area contributed by atoms with Crippen LogP contribution in [-0.4, -0.2) is 32.7 Å². The highest BCUT2D eigenvalue weighted by atomic mass is 16.3. The highest BCUT2D eigenvalue weighted by Crippen LogP contribution is 2.38. The van der Waals surface area contributed by atoms with Gasteiger partial charge in [-0.3, -0.25) is 0 Å². The minimum atomic E-state index is -0.373. The van der Waals surface area contributed by atoms with E-state index in [1.807, 2.05) is 158 Å². The molecule has 0 fully saturated rings. The maximum atomic E-state index is 13.1. The Morgan fingerprint density at radius 1 is 0.400 bits per heavy atom. The van der Waals surface area contributed by atoms with Gasteiger partial charge in [0.2, 0.25) is 0 Å². The summed E-state index contributed by atoms with van der Waals surface area (Å²) in [7, 11) is 0. The molecule has 0 spiro atoms. The van der Waals surface area contributed by atoms with E-state index in [2.05, 4.69) is 67.3 Å². The first-order valence-electron chi connectivity index (χ1n) is 21.4. The molecule has 6 aromatic carbocycles. The lowest BCUT2D eigenvalue weighted by Gasteiger charge is -2.31. The number of fused-ring (bicyclic) bond motifs is 1. The number of nitrogens with zero attached hydrogens (tertiary/aromatic N) is 6. The van der Waals surface area contributed by atoms with E-state index >= 15 is 0 Å². The molecule has 0 N–H and O–H groups in total. The average Bonchev–Trinajstić information content (AvgIpc) is 4.14. The highest BCUT2D eigenvalue weighted by molar-refractivity contribution is 5.86. The van der Waals surface area contributed by atoms with E-state index < -0.39 is 0 Å². The van der Waals surface area contributed by atoms with Gasteiger partial charge in [0.15, 0.2) is 0 Å². The zero-order valence-corrected chi connectivity index (χ0v) is 37.2. The van der Waals surface area contributed by atoms with Crippen LogP contribution in [-0.2, 0) is 10.8 Å². The summed E-state index contributed by atoms with van der Waals surface area (Å²) >= 11 is 0. The normalized spacial score (nSPS) is 11.8. The van der Waals surface area contributed by atoms with Crippen LogP contribution in [0.1, 0.15) is 72.2 Å². The van der Waals surface area contributed by atoms with Gasteiger partial charge in [0, 0.05) is 47.2 Å². The van der Waals surface area contributed by atoms with Crippen molar-refractivity contribution in [3.8, 4) is 17.2 Å². The molecule has 0 bridgehead atoms. The van der Waals surface area contributed by atoms with Crippen LogP contribution in [0.5, 0.6) is 17.2 Å². The van der Waals surface area contributed by atoms with E-state index in [1.54, 1.807) is 57.8 Å². The number of para-hydroxylation sites is 4. The number of aromatic nitrogens is 3. The van der Waals surface area contributed by atoms with Crippen LogP contribution in [0, 0.1) is 6.92 Å². The third-order valence-electron chi connectivity index (χ3n) is 11.4. The summed E-state index contributed by atoms with van der Waals surface area (Å²) in [5.41, 5.74) is 6.63. The molecule has 0 radical (unpaired) electrons. The molecule has 0 saturated heterocycles. The number of benzene rings is 6. The van der Waals surface area contributed by atoms with Crippen LogP contribution < -0.4 is 15.3 Å². The van der Waals surface area contributed by atoms with Crippen LogP contribution in [0.4, 0.5) is 0 Å². The fourth-order valence-electron chi connectivity index (χ4n) is 7.45. The van der Waals surface area contributed by atoms with E-state index in [-0.39, 0.29) is 28.1 Å². The Bertz CT molecular complexity index is 3020. The van der Waals surface area contributed by atoms with Gasteiger partial charge in [-0.2, -0.15) is 15.3 Å². The van der Waals surface area contributed by atoms with E-state index in [0.29, 0.717) is 16.7 Å². The lowest BCUT2D eigenvalue weighted by molar-refractivity contribution is -0.270. The molecule has 3 heterocycles. The van der Waals surface area contributed by atoms with Gasteiger partial charge in [0.25, 0.3) is 0 Å². The van der Waals surface area contributed by atoms with E-state index in [9.17, 15) is 15.3 Å². The highest BCUT2D eigenvalue weighted by Gasteiger charge is 2.25. The van der Waals surface area contributed by atoms with Gasteiger partial charge in [-0.1, -0.05) is 184 Å². The molecule has 0 unspecified atom stereocenters. The summed E-state index contributed by atoms with van der Waals surface area (Å²) in [6.07, 6.45) is 14.1. The molecule has 9 rings (SSSR count). The Hall–Kier alpha value is -8.17. The smallest absolute Gasteiger partial charge is 0.0718 e. The lowest BCUT2D eigenvalue weighted by Crippen LogP contribution is -2.21. The maximum absolute atomic E-state index is 13.1. The fourth-order valence-corrected chi connectivity index (χ4v) is 7.45. The van der Waals surface area contributed by atoms with Crippen molar-refractivity contribution in [2.45, 2.75) is 45.4 Å². The quantitative estimate of drug-likeness (QED) is 0.127. The van der Waals surface area contributed by atoms with Gasteiger partial charge in [-0.25, -0.2) is 14.0 Å². The number of hydrogen-bond acceptors (Lipinski definition) is 6. The van der Waals surface area contributed by atoms with Crippen molar-refractivity contribution in [2.24, 2.45) is 15.3 Å². The van der Waals surface area contributed by atoms with Crippen molar-refractivity contribution in [2.75, 3.05) is 0 Å². The fraction of sp³-hybridized carbons (Fsp3) is 0.125. The first kappa shape index (κ1) is 44.9. The monoisotopic (exact) mass is 855 g/mol. The van der Waals surface area contributed by atoms with Gasteiger partial charge < -0.3 is 15.3 Å². The van der Waals surface area contributed by atoms with E-state index in [4.69, 9.17) is 0 Å². The molecular weight excluding hydrogens is 805 g/mol. The summed E-state index contributed by atoms with van der Waals surface area (Å²) in [5.74, 6) is 0.0808. The lowest BCUT2D eigenvalue weighted by atomic mass is 9.77. The Kier molecular flexibility index (Phi) is 14.0. The zero-order valence-electron chi connectivity index (χ0n) is 37.2.